The average Bonchev–Trinajstić information content (AvgIpc) is 2.41. The van der Waals surface area contributed by atoms with Crippen LogP contribution in [-0.2, 0) is 13.0 Å². The summed E-state index contributed by atoms with van der Waals surface area (Å²) in [5.41, 5.74) is 2.40. The molecule has 19 heavy (non-hydrogen) atoms. The number of hydrogen-bond acceptors (Lipinski definition) is 3. The number of aryl methyl sites for hydroxylation is 3. The Morgan fingerprint density at radius 1 is 1.26 bits per heavy atom. The quantitative estimate of drug-likeness (QED) is 0.920. The molecule has 2 aromatic rings. The van der Waals surface area contributed by atoms with Gasteiger partial charge < -0.3 is 5.11 Å². The fourth-order valence-electron chi connectivity index (χ4n) is 2.16. The highest BCUT2D eigenvalue weighted by Crippen LogP contribution is 2.30. The first-order valence-electron chi connectivity index (χ1n) is 6.49. The molecule has 100 valence electrons. The van der Waals surface area contributed by atoms with E-state index in [1.54, 1.807) is 0 Å². The van der Waals surface area contributed by atoms with E-state index in [0.29, 0.717) is 24.2 Å². The van der Waals surface area contributed by atoms with Crippen molar-refractivity contribution in [2.24, 2.45) is 0 Å². The molecule has 0 amide bonds. The topological polar surface area (TPSA) is 55.1 Å². The van der Waals surface area contributed by atoms with Gasteiger partial charge in [0, 0.05) is 6.54 Å². The van der Waals surface area contributed by atoms with Crippen LogP contribution in [-0.4, -0.2) is 14.9 Å². The number of hydrogen-bond donors (Lipinski definition) is 1. The molecule has 2 rings (SSSR count). The Morgan fingerprint density at radius 3 is 2.53 bits per heavy atom. The second kappa shape index (κ2) is 5.26. The molecule has 1 aromatic carbocycles. The van der Waals surface area contributed by atoms with Crippen LogP contribution in [0.1, 0.15) is 25.1 Å². The third-order valence-electron chi connectivity index (χ3n) is 3.25. The van der Waals surface area contributed by atoms with Crippen molar-refractivity contribution in [3.63, 3.8) is 0 Å². The van der Waals surface area contributed by atoms with Crippen molar-refractivity contribution in [2.45, 2.75) is 33.7 Å². The lowest BCUT2D eigenvalue weighted by molar-refractivity contribution is 0.453. The minimum atomic E-state index is -0.244. The monoisotopic (exact) mass is 258 g/mol. The lowest BCUT2D eigenvalue weighted by Crippen LogP contribution is -2.25. The van der Waals surface area contributed by atoms with E-state index in [2.05, 4.69) is 5.10 Å². The molecule has 0 bridgehead atoms. The van der Waals surface area contributed by atoms with Crippen molar-refractivity contribution < 1.29 is 5.11 Å². The third-order valence-corrected chi connectivity index (χ3v) is 3.25. The summed E-state index contributed by atoms with van der Waals surface area (Å²) < 4.78 is 1.40. The lowest BCUT2D eigenvalue weighted by atomic mass is 10.0. The predicted molar refractivity (Wildman–Crippen MR) is 75.4 cm³/mol. The zero-order valence-electron chi connectivity index (χ0n) is 11.5. The van der Waals surface area contributed by atoms with Crippen molar-refractivity contribution in [1.29, 1.82) is 0 Å². The van der Waals surface area contributed by atoms with E-state index in [1.165, 1.54) is 4.68 Å². The summed E-state index contributed by atoms with van der Waals surface area (Å²) in [6, 6.07) is 7.56. The summed E-state index contributed by atoms with van der Waals surface area (Å²) in [6.07, 6.45) is 0.588. The molecular weight excluding hydrogens is 240 g/mol. The first-order chi connectivity index (χ1) is 9.10. The van der Waals surface area contributed by atoms with Gasteiger partial charge >= 0.3 is 0 Å². The Hall–Kier alpha value is -2.10. The van der Waals surface area contributed by atoms with Crippen LogP contribution in [0.4, 0.5) is 0 Å². The van der Waals surface area contributed by atoms with Gasteiger partial charge in [0.15, 0.2) is 5.75 Å². The zero-order chi connectivity index (χ0) is 14.0. The highest BCUT2D eigenvalue weighted by molar-refractivity contribution is 5.72. The van der Waals surface area contributed by atoms with Crippen LogP contribution in [0.25, 0.3) is 11.1 Å². The fourth-order valence-corrected chi connectivity index (χ4v) is 2.16. The highest BCUT2D eigenvalue weighted by Gasteiger charge is 2.18. The lowest BCUT2D eigenvalue weighted by Gasteiger charge is -2.12. The molecule has 0 unspecified atom stereocenters. The molecule has 0 saturated carbocycles. The molecular formula is C15H18N2O2. The molecule has 0 fully saturated rings. The number of aromatic nitrogens is 2. The van der Waals surface area contributed by atoms with E-state index in [0.717, 1.165) is 11.1 Å². The Balaban J connectivity index is 2.83. The molecule has 0 radical (unpaired) electrons. The van der Waals surface area contributed by atoms with Crippen LogP contribution in [0, 0.1) is 6.92 Å². The van der Waals surface area contributed by atoms with E-state index in [-0.39, 0.29) is 11.3 Å². The minimum Gasteiger partial charge on any atom is -0.505 e. The van der Waals surface area contributed by atoms with Crippen LogP contribution in [0.2, 0.25) is 0 Å². The molecule has 0 aliphatic rings. The van der Waals surface area contributed by atoms with Gasteiger partial charge in [-0.3, -0.25) is 4.79 Å². The molecule has 0 aliphatic heterocycles. The SMILES string of the molecule is CCc1nn(CC)c(=O)c(-c2ccccc2C)c1O. The predicted octanol–water partition coefficient (Wildman–Crippen LogP) is 2.51. The molecule has 0 saturated heterocycles. The average molecular weight is 258 g/mol. The molecule has 0 aliphatic carbocycles. The second-order valence-corrected chi connectivity index (χ2v) is 4.46. The Kier molecular flexibility index (Phi) is 3.69. The summed E-state index contributed by atoms with van der Waals surface area (Å²) in [5, 5.41) is 14.5. The number of nitrogens with zero attached hydrogens (tertiary/aromatic N) is 2. The van der Waals surface area contributed by atoms with Crippen molar-refractivity contribution in [2.75, 3.05) is 0 Å². The van der Waals surface area contributed by atoms with Gasteiger partial charge in [-0.1, -0.05) is 31.2 Å². The van der Waals surface area contributed by atoms with Gasteiger partial charge in [-0.15, -0.1) is 0 Å². The van der Waals surface area contributed by atoms with Crippen molar-refractivity contribution in [1.82, 2.24) is 9.78 Å². The van der Waals surface area contributed by atoms with Gasteiger partial charge in [0.2, 0.25) is 0 Å². The molecule has 4 heteroatoms. The van der Waals surface area contributed by atoms with Crippen LogP contribution < -0.4 is 5.56 Å². The molecule has 0 atom stereocenters. The number of aromatic hydroxyl groups is 1. The second-order valence-electron chi connectivity index (χ2n) is 4.46. The molecule has 4 nitrogen and oxygen atoms in total. The van der Waals surface area contributed by atoms with Crippen LogP contribution in [0.3, 0.4) is 0 Å². The summed E-state index contributed by atoms with van der Waals surface area (Å²) >= 11 is 0. The molecule has 1 aromatic heterocycles. The Morgan fingerprint density at radius 2 is 1.95 bits per heavy atom. The van der Waals surface area contributed by atoms with Crippen molar-refractivity contribution in [3.8, 4) is 16.9 Å². The van der Waals surface area contributed by atoms with Crippen LogP contribution >= 0.6 is 0 Å². The van der Waals surface area contributed by atoms with E-state index in [9.17, 15) is 9.90 Å². The van der Waals surface area contributed by atoms with Gasteiger partial charge in [-0.2, -0.15) is 5.10 Å². The Labute approximate surface area is 112 Å². The summed E-state index contributed by atoms with van der Waals surface area (Å²) in [6.45, 7) is 6.20. The normalized spacial score (nSPS) is 10.7. The maximum Gasteiger partial charge on any atom is 0.278 e. The Bertz CT molecular complexity index is 660. The molecule has 1 heterocycles. The van der Waals surface area contributed by atoms with Gasteiger partial charge in [0.05, 0.1) is 5.56 Å². The van der Waals surface area contributed by atoms with Crippen molar-refractivity contribution in [3.05, 3.63) is 45.9 Å². The smallest absolute Gasteiger partial charge is 0.278 e. The van der Waals surface area contributed by atoms with Gasteiger partial charge in [-0.25, -0.2) is 4.68 Å². The van der Waals surface area contributed by atoms with Crippen LogP contribution in [0.5, 0.6) is 5.75 Å². The van der Waals surface area contributed by atoms with E-state index in [4.69, 9.17) is 0 Å². The van der Waals surface area contributed by atoms with Crippen molar-refractivity contribution >= 4 is 0 Å². The largest absolute Gasteiger partial charge is 0.505 e. The minimum absolute atomic E-state index is 0.00602. The van der Waals surface area contributed by atoms with Crippen LogP contribution in [0.15, 0.2) is 29.1 Å². The third kappa shape index (κ3) is 2.26. The maximum atomic E-state index is 12.4. The summed E-state index contributed by atoms with van der Waals surface area (Å²) in [7, 11) is 0. The fraction of sp³-hybridized carbons (Fsp3) is 0.333. The molecule has 0 spiro atoms. The summed E-state index contributed by atoms with van der Waals surface area (Å²) in [4.78, 5) is 12.4. The maximum absolute atomic E-state index is 12.4. The van der Waals surface area contributed by atoms with E-state index >= 15 is 0 Å². The highest BCUT2D eigenvalue weighted by atomic mass is 16.3. The standard InChI is InChI=1S/C15H18N2O2/c1-4-12-14(18)13(15(19)17(5-2)16-12)11-9-7-6-8-10(11)3/h6-9,18H,4-5H2,1-3H3. The number of rotatable bonds is 3. The summed E-state index contributed by atoms with van der Waals surface area (Å²) in [5.74, 6) is 0.00602. The van der Waals surface area contributed by atoms with E-state index < -0.39 is 0 Å². The molecule has 1 N–H and O–H groups in total. The zero-order valence-corrected chi connectivity index (χ0v) is 11.5. The van der Waals surface area contributed by atoms with Gasteiger partial charge in [-0.05, 0) is 31.4 Å². The number of benzene rings is 1. The van der Waals surface area contributed by atoms with Gasteiger partial charge in [0.25, 0.3) is 5.56 Å². The first-order valence-corrected chi connectivity index (χ1v) is 6.49. The van der Waals surface area contributed by atoms with E-state index in [1.807, 2.05) is 45.0 Å². The van der Waals surface area contributed by atoms with Gasteiger partial charge in [0.1, 0.15) is 5.69 Å². The first kappa shape index (κ1) is 13.3.